The second-order valence-corrected chi connectivity index (χ2v) is 5.27. The maximum absolute atomic E-state index is 11.7. The van der Waals surface area contributed by atoms with E-state index in [0.717, 1.165) is 12.8 Å². The minimum Gasteiger partial charge on any atom is -0.494 e. The van der Waals surface area contributed by atoms with Crippen LogP contribution < -0.4 is 10.1 Å². The van der Waals surface area contributed by atoms with E-state index in [9.17, 15) is 9.59 Å². The van der Waals surface area contributed by atoms with Gasteiger partial charge in [0, 0.05) is 11.8 Å². The summed E-state index contributed by atoms with van der Waals surface area (Å²) >= 11 is 0. The molecule has 0 heterocycles. The van der Waals surface area contributed by atoms with Gasteiger partial charge in [-0.3, -0.25) is 9.59 Å². The lowest BCUT2D eigenvalue weighted by Gasteiger charge is -2.09. The SMILES string of the molecule is COC(=O)CC(=O)Nc1cccc(OCCCc2ccccc2)c1. The minimum atomic E-state index is -0.569. The summed E-state index contributed by atoms with van der Waals surface area (Å²) < 4.78 is 10.2. The molecular formula is C19H21NO4. The predicted molar refractivity (Wildman–Crippen MR) is 92.0 cm³/mol. The molecule has 1 amide bonds. The molecule has 126 valence electrons. The van der Waals surface area contributed by atoms with Gasteiger partial charge in [-0.15, -0.1) is 0 Å². The zero-order valence-corrected chi connectivity index (χ0v) is 13.7. The Bertz CT molecular complexity index is 670. The van der Waals surface area contributed by atoms with Gasteiger partial charge >= 0.3 is 5.97 Å². The molecule has 0 saturated heterocycles. The van der Waals surface area contributed by atoms with Crippen LogP contribution in [-0.2, 0) is 20.7 Å². The molecule has 0 fully saturated rings. The third-order valence-corrected chi connectivity index (χ3v) is 3.37. The van der Waals surface area contributed by atoms with E-state index in [1.807, 2.05) is 24.3 Å². The number of methoxy groups -OCH3 is 1. The first kappa shape index (κ1) is 17.5. The summed E-state index contributed by atoms with van der Waals surface area (Å²) in [6.07, 6.45) is 1.55. The lowest BCUT2D eigenvalue weighted by molar-refractivity contribution is -0.142. The van der Waals surface area contributed by atoms with Crippen molar-refractivity contribution in [2.24, 2.45) is 0 Å². The summed E-state index contributed by atoms with van der Waals surface area (Å²) in [5.41, 5.74) is 1.87. The highest BCUT2D eigenvalue weighted by molar-refractivity contribution is 6.01. The maximum Gasteiger partial charge on any atom is 0.315 e. The largest absolute Gasteiger partial charge is 0.494 e. The van der Waals surface area contributed by atoms with Crippen molar-refractivity contribution in [3.05, 3.63) is 60.2 Å². The molecule has 0 bridgehead atoms. The number of aryl methyl sites for hydroxylation is 1. The first-order chi connectivity index (χ1) is 11.7. The number of rotatable bonds is 8. The average molecular weight is 327 g/mol. The van der Waals surface area contributed by atoms with Crippen LogP contribution in [0.4, 0.5) is 5.69 Å². The van der Waals surface area contributed by atoms with Crippen molar-refractivity contribution in [2.75, 3.05) is 19.0 Å². The summed E-state index contributed by atoms with van der Waals surface area (Å²) in [4.78, 5) is 22.7. The number of anilines is 1. The quantitative estimate of drug-likeness (QED) is 0.459. The zero-order chi connectivity index (χ0) is 17.2. The lowest BCUT2D eigenvalue weighted by atomic mass is 10.1. The number of nitrogens with one attached hydrogen (secondary N) is 1. The molecule has 5 nitrogen and oxygen atoms in total. The van der Waals surface area contributed by atoms with Crippen molar-refractivity contribution in [3.8, 4) is 5.75 Å². The molecule has 5 heteroatoms. The Morgan fingerprint density at radius 3 is 2.58 bits per heavy atom. The van der Waals surface area contributed by atoms with Crippen LogP contribution >= 0.6 is 0 Å². The number of benzene rings is 2. The van der Waals surface area contributed by atoms with Gasteiger partial charge in [-0.25, -0.2) is 0 Å². The summed E-state index contributed by atoms with van der Waals surface area (Å²) in [6, 6.07) is 17.3. The topological polar surface area (TPSA) is 64.6 Å². The fraction of sp³-hybridized carbons (Fsp3) is 0.263. The molecule has 0 aliphatic carbocycles. The van der Waals surface area contributed by atoms with Gasteiger partial charge in [-0.2, -0.15) is 0 Å². The Morgan fingerprint density at radius 2 is 1.83 bits per heavy atom. The summed E-state index contributed by atoms with van der Waals surface area (Å²) in [5.74, 6) is -0.303. The number of ether oxygens (including phenoxy) is 2. The molecule has 2 aromatic rings. The molecule has 2 rings (SSSR count). The van der Waals surface area contributed by atoms with Crippen molar-refractivity contribution < 1.29 is 19.1 Å². The average Bonchev–Trinajstić information content (AvgIpc) is 2.60. The fourth-order valence-electron chi connectivity index (χ4n) is 2.18. The predicted octanol–water partition coefficient (Wildman–Crippen LogP) is 3.20. The van der Waals surface area contributed by atoms with Gasteiger partial charge in [-0.1, -0.05) is 36.4 Å². The third kappa shape index (κ3) is 6.12. The molecule has 0 spiro atoms. The molecule has 24 heavy (non-hydrogen) atoms. The highest BCUT2D eigenvalue weighted by Crippen LogP contribution is 2.18. The molecule has 0 aromatic heterocycles. The van der Waals surface area contributed by atoms with E-state index in [1.165, 1.54) is 12.7 Å². The van der Waals surface area contributed by atoms with Crippen LogP contribution in [0.1, 0.15) is 18.4 Å². The van der Waals surface area contributed by atoms with Gasteiger partial charge in [0.1, 0.15) is 12.2 Å². The minimum absolute atomic E-state index is 0.307. The maximum atomic E-state index is 11.7. The number of carbonyl (C=O) groups excluding carboxylic acids is 2. The van der Waals surface area contributed by atoms with E-state index in [4.69, 9.17) is 4.74 Å². The summed E-state index contributed by atoms with van der Waals surface area (Å²) in [6.45, 7) is 0.592. The molecule has 0 aliphatic rings. The van der Waals surface area contributed by atoms with Crippen LogP contribution in [0.3, 0.4) is 0 Å². The van der Waals surface area contributed by atoms with Crippen LogP contribution in [0.2, 0.25) is 0 Å². The van der Waals surface area contributed by atoms with Crippen LogP contribution in [0.15, 0.2) is 54.6 Å². The van der Waals surface area contributed by atoms with Gasteiger partial charge < -0.3 is 14.8 Å². The van der Waals surface area contributed by atoms with E-state index in [1.54, 1.807) is 18.2 Å². The van der Waals surface area contributed by atoms with Gasteiger partial charge in [0.2, 0.25) is 5.91 Å². The van der Waals surface area contributed by atoms with Gasteiger partial charge in [-0.05, 0) is 30.5 Å². The Morgan fingerprint density at radius 1 is 1.04 bits per heavy atom. The van der Waals surface area contributed by atoms with Gasteiger partial charge in [0.05, 0.1) is 13.7 Å². The van der Waals surface area contributed by atoms with E-state index in [2.05, 4.69) is 22.2 Å². The zero-order valence-electron chi connectivity index (χ0n) is 13.7. The van der Waals surface area contributed by atoms with Crippen LogP contribution in [0.5, 0.6) is 5.75 Å². The van der Waals surface area contributed by atoms with Gasteiger partial charge in [0.15, 0.2) is 0 Å². The highest BCUT2D eigenvalue weighted by Gasteiger charge is 2.09. The Balaban J connectivity index is 1.77. The molecule has 0 radical (unpaired) electrons. The van der Waals surface area contributed by atoms with E-state index < -0.39 is 11.9 Å². The molecule has 1 N–H and O–H groups in total. The van der Waals surface area contributed by atoms with Crippen molar-refractivity contribution in [1.29, 1.82) is 0 Å². The Labute approximate surface area is 141 Å². The van der Waals surface area contributed by atoms with E-state index in [0.29, 0.717) is 18.0 Å². The standard InChI is InChI=1S/C19H21NO4/c1-23-19(22)14-18(21)20-16-10-5-11-17(13-16)24-12-6-9-15-7-3-2-4-8-15/h2-5,7-8,10-11,13H,6,9,12,14H2,1H3,(H,20,21). The van der Waals surface area contributed by atoms with E-state index >= 15 is 0 Å². The molecular weight excluding hydrogens is 306 g/mol. The van der Waals surface area contributed by atoms with Crippen LogP contribution in [0, 0.1) is 0 Å². The number of hydrogen-bond donors (Lipinski definition) is 1. The smallest absolute Gasteiger partial charge is 0.315 e. The normalized spacial score (nSPS) is 10.0. The summed E-state index contributed by atoms with van der Waals surface area (Å²) in [5, 5.41) is 2.64. The van der Waals surface area contributed by atoms with Crippen molar-refractivity contribution >= 4 is 17.6 Å². The number of esters is 1. The van der Waals surface area contributed by atoms with E-state index in [-0.39, 0.29) is 6.42 Å². The highest BCUT2D eigenvalue weighted by atomic mass is 16.5. The fourth-order valence-corrected chi connectivity index (χ4v) is 2.18. The molecule has 0 atom stereocenters. The van der Waals surface area contributed by atoms with Crippen LogP contribution in [0.25, 0.3) is 0 Å². The Kier molecular flexibility index (Phi) is 6.83. The second kappa shape index (κ2) is 9.35. The Hall–Kier alpha value is -2.82. The van der Waals surface area contributed by atoms with Crippen molar-refractivity contribution in [2.45, 2.75) is 19.3 Å². The number of amides is 1. The molecule has 2 aromatic carbocycles. The molecule has 0 aliphatic heterocycles. The lowest BCUT2D eigenvalue weighted by Crippen LogP contribution is -2.17. The second-order valence-electron chi connectivity index (χ2n) is 5.27. The first-order valence-electron chi connectivity index (χ1n) is 7.81. The monoisotopic (exact) mass is 327 g/mol. The first-order valence-corrected chi connectivity index (χ1v) is 7.81. The van der Waals surface area contributed by atoms with Crippen molar-refractivity contribution in [3.63, 3.8) is 0 Å². The third-order valence-electron chi connectivity index (χ3n) is 3.37. The number of carbonyl (C=O) groups is 2. The number of hydrogen-bond acceptors (Lipinski definition) is 4. The molecule has 0 unspecified atom stereocenters. The summed E-state index contributed by atoms with van der Waals surface area (Å²) in [7, 11) is 1.25. The molecule has 0 saturated carbocycles. The van der Waals surface area contributed by atoms with Crippen molar-refractivity contribution in [1.82, 2.24) is 0 Å². The van der Waals surface area contributed by atoms with Crippen LogP contribution in [-0.4, -0.2) is 25.6 Å². The van der Waals surface area contributed by atoms with Gasteiger partial charge in [0.25, 0.3) is 0 Å².